The van der Waals surface area contributed by atoms with Crippen LogP contribution >= 0.6 is 0 Å². The lowest BCUT2D eigenvalue weighted by Gasteiger charge is -2.08. The second-order valence-electron chi connectivity index (χ2n) is 8.18. The van der Waals surface area contributed by atoms with E-state index in [2.05, 4.69) is 80.2 Å². The number of para-hydroxylation sites is 2. The average molecular weight is 476 g/mol. The molecule has 7 nitrogen and oxygen atoms in total. The molecule has 0 saturated carbocycles. The molecule has 0 fully saturated rings. The number of benzene rings is 4. The van der Waals surface area contributed by atoms with E-state index in [1.54, 1.807) is 0 Å². The van der Waals surface area contributed by atoms with E-state index in [9.17, 15) is 4.79 Å². The van der Waals surface area contributed by atoms with E-state index in [1.807, 2.05) is 36.4 Å². The van der Waals surface area contributed by atoms with Crippen LogP contribution in [0.15, 0.2) is 101 Å². The lowest BCUT2D eigenvalue weighted by atomic mass is 10.2. The summed E-state index contributed by atoms with van der Waals surface area (Å²) in [6.45, 7) is 0.837. The molecular formula is C29H21N3O4. The molecule has 6 aromatic rings. The summed E-state index contributed by atoms with van der Waals surface area (Å²) in [5.74, 6) is 1.44. The van der Waals surface area contributed by atoms with E-state index in [0.29, 0.717) is 24.0 Å². The van der Waals surface area contributed by atoms with Crippen molar-refractivity contribution in [3.63, 3.8) is 0 Å². The summed E-state index contributed by atoms with van der Waals surface area (Å²) < 4.78 is 18.6. The first-order valence-electron chi connectivity index (χ1n) is 11.5. The van der Waals surface area contributed by atoms with Gasteiger partial charge < -0.3 is 18.5 Å². The van der Waals surface area contributed by atoms with Crippen molar-refractivity contribution in [2.45, 2.75) is 0 Å². The minimum absolute atomic E-state index is 0.181. The molecule has 6 rings (SSSR count). The zero-order valence-corrected chi connectivity index (χ0v) is 19.2. The van der Waals surface area contributed by atoms with Crippen molar-refractivity contribution >= 4 is 28.3 Å². The highest BCUT2D eigenvalue weighted by Crippen LogP contribution is 2.33. The van der Waals surface area contributed by atoms with E-state index >= 15 is 0 Å². The van der Waals surface area contributed by atoms with Crippen molar-refractivity contribution in [2.24, 2.45) is 0 Å². The summed E-state index contributed by atoms with van der Waals surface area (Å²) in [4.78, 5) is 10.3. The van der Waals surface area contributed by atoms with Crippen molar-refractivity contribution in [1.29, 1.82) is 0 Å². The zero-order chi connectivity index (χ0) is 24.3. The molecule has 0 bridgehead atoms. The van der Waals surface area contributed by atoms with Gasteiger partial charge in [-0.1, -0.05) is 48.5 Å². The summed E-state index contributed by atoms with van der Waals surface area (Å²) in [5.41, 5.74) is 4.85. The number of rotatable bonds is 8. The van der Waals surface area contributed by atoms with Gasteiger partial charge in [0.15, 0.2) is 0 Å². The molecule has 0 atom stereocenters. The van der Waals surface area contributed by atoms with Gasteiger partial charge in [-0.3, -0.25) is 4.79 Å². The minimum atomic E-state index is 0.181. The number of aromatic nitrogens is 3. The molecule has 0 saturated heterocycles. The normalized spacial score (nSPS) is 11.1. The summed E-state index contributed by atoms with van der Waals surface area (Å²) >= 11 is 0. The summed E-state index contributed by atoms with van der Waals surface area (Å²) in [6, 6.07) is 32.2. The van der Waals surface area contributed by atoms with Crippen molar-refractivity contribution in [3.05, 3.63) is 97.1 Å². The predicted molar refractivity (Wildman–Crippen MR) is 137 cm³/mol. The van der Waals surface area contributed by atoms with Crippen molar-refractivity contribution in [3.8, 4) is 34.3 Å². The third kappa shape index (κ3) is 3.96. The molecule has 0 aliphatic carbocycles. The fraction of sp³-hybridized carbons (Fsp3) is 0.0690. The second-order valence-corrected chi connectivity index (χ2v) is 8.18. The maximum atomic E-state index is 10.3. The van der Waals surface area contributed by atoms with E-state index in [4.69, 9.17) is 9.15 Å². The molecule has 0 N–H and O–H groups in total. The molecule has 0 unspecified atom stereocenters. The quantitative estimate of drug-likeness (QED) is 0.197. The Kier molecular flexibility index (Phi) is 5.63. The van der Waals surface area contributed by atoms with Crippen LogP contribution < -0.4 is 4.74 Å². The van der Waals surface area contributed by atoms with Gasteiger partial charge in [0.2, 0.25) is 11.8 Å². The van der Waals surface area contributed by atoms with Crippen LogP contribution in [0.5, 0.6) is 5.75 Å². The number of fused-ring (bicyclic) bond motifs is 3. The zero-order valence-electron chi connectivity index (χ0n) is 19.2. The maximum absolute atomic E-state index is 10.3. The average Bonchev–Trinajstić information content (AvgIpc) is 3.55. The van der Waals surface area contributed by atoms with Crippen LogP contribution in [0.4, 0.5) is 0 Å². The number of carbonyl (C=O) groups is 1. The van der Waals surface area contributed by atoms with Gasteiger partial charge >= 0.3 is 0 Å². The van der Waals surface area contributed by atoms with Crippen molar-refractivity contribution in [1.82, 2.24) is 14.8 Å². The molecule has 0 radical (unpaired) electrons. The molecule has 4 aromatic carbocycles. The van der Waals surface area contributed by atoms with Crippen LogP contribution in [0, 0.1) is 0 Å². The molecule has 0 amide bonds. The minimum Gasteiger partial charge on any atom is -0.490 e. The van der Waals surface area contributed by atoms with Crippen LogP contribution in [0.3, 0.4) is 0 Å². The predicted octanol–water partition coefficient (Wildman–Crippen LogP) is 6.05. The Morgan fingerprint density at radius 2 is 1.36 bits per heavy atom. The van der Waals surface area contributed by atoms with Gasteiger partial charge in [-0.05, 0) is 48.5 Å². The largest absolute Gasteiger partial charge is 0.490 e. The highest BCUT2D eigenvalue weighted by Gasteiger charge is 2.15. The smallest absolute Gasteiger partial charge is 0.293 e. The number of carbonyl (C=O) groups excluding carboxylic acids is 1. The Balaban J connectivity index is 1.34. The molecule has 36 heavy (non-hydrogen) atoms. The van der Waals surface area contributed by atoms with Gasteiger partial charge in [-0.2, -0.15) is 0 Å². The molecule has 2 heterocycles. The van der Waals surface area contributed by atoms with E-state index in [0.717, 1.165) is 27.8 Å². The van der Waals surface area contributed by atoms with Gasteiger partial charge in [0, 0.05) is 27.6 Å². The van der Waals surface area contributed by atoms with Crippen molar-refractivity contribution in [2.75, 3.05) is 13.2 Å². The molecule has 176 valence electrons. The monoisotopic (exact) mass is 475 g/mol. The van der Waals surface area contributed by atoms with Crippen molar-refractivity contribution < 1.29 is 18.7 Å². The van der Waals surface area contributed by atoms with Crippen LogP contribution in [0.1, 0.15) is 0 Å². The Labute approximate surface area is 206 Å². The van der Waals surface area contributed by atoms with Crippen LogP contribution in [-0.4, -0.2) is 34.5 Å². The second kappa shape index (κ2) is 9.38. The molecular weight excluding hydrogens is 454 g/mol. The van der Waals surface area contributed by atoms with Crippen LogP contribution in [0.2, 0.25) is 0 Å². The fourth-order valence-corrected chi connectivity index (χ4v) is 4.41. The Morgan fingerprint density at radius 1 is 0.722 bits per heavy atom. The van der Waals surface area contributed by atoms with Gasteiger partial charge in [0.1, 0.15) is 19.0 Å². The highest BCUT2D eigenvalue weighted by atomic mass is 16.5. The first-order valence-corrected chi connectivity index (χ1v) is 11.5. The third-order valence-electron chi connectivity index (χ3n) is 5.98. The summed E-state index contributed by atoms with van der Waals surface area (Å²) in [6.07, 6.45) is 0. The van der Waals surface area contributed by atoms with Gasteiger partial charge in [0.05, 0.1) is 11.0 Å². The lowest BCUT2D eigenvalue weighted by molar-refractivity contribution is -0.129. The molecule has 7 heteroatoms. The first-order chi connectivity index (χ1) is 17.8. The Bertz CT molecular complexity index is 1630. The Hall–Kier alpha value is -4.91. The van der Waals surface area contributed by atoms with E-state index < -0.39 is 0 Å². The van der Waals surface area contributed by atoms with Crippen LogP contribution in [-0.2, 0) is 9.53 Å². The highest BCUT2D eigenvalue weighted by molar-refractivity contribution is 6.09. The molecule has 0 aliphatic heterocycles. The maximum Gasteiger partial charge on any atom is 0.293 e. The molecule has 0 aliphatic rings. The van der Waals surface area contributed by atoms with Gasteiger partial charge in [0.25, 0.3) is 6.47 Å². The summed E-state index contributed by atoms with van der Waals surface area (Å²) in [5, 5.41) is 11.0. The molecule has 0 spiro atoms. The standard InChI is InChI=1S/C29H21N3O4/c33-19-34-15-16-35-23-10-6-8-21(18-23)29-31-30-28(36-29)20-7-5-9-22(17-20)32-26-13-3-1-11-24(26)25-12-2-4-14-27(25)32/h1-14,17-19H,15-16H2. The fourth-order valence-electron chi connectivity index (χ4n) is 4.41. The summed E-state index contributed by atoms with van der Waals surface area (Å²) in [7, 11) is 0. The van der Waals surface area contributed by atoms with Crippen LogP contribution in [0.25, 0.3) is 50.4 Å². The SMILES string of the molecule is O=COCCOc1cccc(-c2nnc(-c3cccc(-n4c5ccccc5c5ccccc54)c3)o2)c1. The third-order valence-corrected chi connectivity index (χ3v) is 5.98. The molecule has 2 aromatic heterocycles. The topological polar surface area (TPSA) is 79.4 Å². The number of hydrogen-bond donors (Lipinski definition) is 0. The Morgan fingerprint density at radius 3 is 2.06 bits per heavy atom. The first kappa shape index (κ1) is 21.6. The number of hydrogen-bond acceptors (Lipinski definition) is 6. The van der Waals surface area contributed by atoms with Gasteiger partial charge in [-0.25, -0.2) is 0 Å². The van der Waals surface area contributed by atoms with E-state index in [-0.39, 0.29) is 13.2 Å². The van der Waals surface area contributed by atoms with Gasteiger partial charge in [-0.15, -0.1) is 10.2 Å². The number of nitrogens with zero attached hydrogens (tertiary/aromatic N) is 3. The lowest BCUT2D eigenvalue weighted by Crippen LogP contribution is -2.05. The number of ether oxygens (including phenoxy) is 2. The van der Waals surface area contributed by atoms with E-state index in [1.165, 1.54) is 10.8 Å².